The number of nitrogens with zero attached hydrogens (tertiary/aromatic N) is 2. The van der Waals surface area contributed by atoms with Crippen LogP contribution in [-0.2, 0) is 12.8 Å². The van der Waals surface area contributed by atoms with Crippen molar-refractivity contribution in [2.45, 2.75) is 12.8 Å². The summed E-state index contributed by atoms with van der Waals surface area (Å²) in [6.07, 6.45) is 1.68. The zero-order chi connectivity index (χ0) is 34.9. The van der Waals surface area contributed by atoms with Crippen LogP contribution in [0.4, 0.5) is 21.6 Å². The SMILES string of the molecule is Fc1cc(CCc2ccccc2)ccc1-c1ccc2c(c1)c1ccccc1n2-c1ccc(-c2ccc(N(c3ccccc3)c3ccccc3)o2)cc1. The number of hydrogen-bond acceptors (Lipinski definition) is 2. The van der Waals surface area contributed by atoms with Crippen LogP contribution in [0.3, 0.4) is 0 Å². The second-order valence-corrected chi connectivity index (χ2v) is 13.1. The third kappa shape index (κ3) is 5.95. The minimum Gasteiger partial charge on any atom is -0.440 e. The Kier molecular flexibility index (Phi) is 8.18. The molecule has 0 atom stereocenters. The molecule has 3 nitrogen and oxygen atoms in total. The molecule has 2 heterocycles. The number of fused-ring (bicyclic) bond motifs is 3. The highest BCUT2D eigenvalue weighted by atomic mass is 19.1. The van der Waals surface area contributed by atoms with Gasteiger partial charge in [-0.25, -0.2) is 4.39 Å². The van der Waals surface area contributed by atoms with Crippen molar-refractivity contribution in [2.24, 2.45) is 0 Å². The van der Waals surface area contributed by atoms with Crippen molar-refractivity contribution in [3.05, 3.63) is 205 Å². The Morgan fingerprint density at radius 1 is 0.481 bits per heavy atom. The van der Waals surface area contributed by atoms with Crippen molar-refractivity contribution in [1.29, 1.82) is 0 Å². The largest absolute Gasteiger partial charge is 0.440 e. The number of aryl methyl sites for hydroxylation is 2. The molecule has 250 valence electrons. The lowest BCUT2D eigenvalue weighted by molar-refractivity contribution is 0.588. The van der Waals surface area contributed by atoms with Crippen molar-refractivity contribution in [3.8, 4) is 28.1 Å². The zero-order valence-corrected chi connectivity index (χ0v) is 28.5. The molecule has 9 aromatic rings. The molecule has 0 saturated heterocycles. The molecule has 0 bridgehead atoms. The van der Waals surface area contributed by atoms with E-state index in [1.165, 1.54) is 5.56 Å². The first-order valence-electron chi connectivity index (χ1n) is 17.7. The predicted octanol–water partition coefficient (Wildman–Crippen LogP) is 13.1. The second-order valence-electron chi connectivity index (χ2n) is 13.1. The summed E-state index contributed by atoms with van der Waals surface area (Å²) in [5.41, 5.74) is 9.99. The van der Waals surface area contributed by atoms with Gasteiger partial charge in [0.05, 0.1) is 11.0 Å². The van der Waals surface area contributed by atoms with Crippen LogP contribution in [0.2, 0.25) is 0 Å². The molecule has 9 rings (SSSR count). The van der Waals surface area contributed by atoms with Crippen LogP contribution in [0.15, 0.2) is 192 Å². The minimum absolute atomic E-state index is 0.194. The van der Waals surface area contributed by atoms with E-state index in [9.17, 15) is 0 Å². The monoisotopic (exact) mass is 674 g/mol. The van der Waals surface area contributed by atoms with Gasteiger partial charge in [-0.1, -0.05) is 103 Å². The molecule has 0 aliphatic carbocycles. The summed E-state index contributed by atoms with van der Waals surface area (Å²) in [7, 11) is 0. The van der Waals surface area contributed by atoms with E-state index in [0.29, 0.717) is 5.56 Å². The van der Waals surface area contributed by atoms with E-state index >= 15 is 4.39 Å². The Bertz CT molecular complexity index is 2580. The van der Waals surface area contributed by atoms with Crippen molar-refractivity contribution in [2.75, 3.05) is 4.90 Å². The van der Waals surface area contributed by atoms with Gasteiger partial charge in [0, 0.05) is 45.0 Å². The number of anilines is 3. The average molecular weight is 675 g/mol. The molecule has 0 saturated carbocycles. The highest BCUT2D eigenvalue weighted by Crippen LogP contribution is 2.39. The van der Waals surface area contributed by atoms with Gasteiger partial charge in [-0.2, -0.15) is 0 Å². The molecule has 0 radical (unpaired) electrons. The Balaban J connectivity index is 1.03. The Morgan fingerprint density at radius 2 is 1.10 bits per heavy atom. The molecule has 0 aliphatic heterocycles. The fourth-order valence-electron chi connectivity index (χ4n) is 7.24. The molecule has 0 unspecified atom stereocenters. The maximum Gasteiger partial charge on any atom is 0.205 e. The van der Waals surface area contributed by atoms with Crippen molar-refractivity contribution in [1.82, 2.24) is 4.57 Å². The summed E-state index contributed by atoms with van der Waals surface area (Å²) in [5, 5.41) is 2.21. The molecule has 52 heavy (non-hydrogen) atoms. The minimum atomic E-state index is -0.194. The highest BCUT2D eigenvalue weighted by molar-refractivity contribution is 6.10. The van der Waals surface area contributed by atoms with Crippen LogP contribution in [-0.4, -0.2) is 4.57 Å². The highest BCUT2D eigenvalue weighted by Gasteiger charge is 2.18. The van der Waals surface area contributed by atoms with Gasteiger partial charge in [-0.3, -0.25) is 4.90 Å². The molecule has 0 amide bonds. The summed E-state index contributed by atoms with van der Waals surface area (Å²) in [4.78, 5) is 2.12. The van der Waals surface area contributed by atoms with E-state index in [1.54, 1.807) is 6.07 Å². The molecular weight excluding hydrogens is 640 g/mol. The summed E-state index contributed by atoms with van der Waals surface area (Å²) >= 11 is 0. The topological polar surface area (TPSA) is 21.3 Å². The number of aromatic nitrogens is 1. The first kappa shape index (κ1) is 31.3. The molecule has 0 N–H and O–H groups in total. The average Bonchev–Trinajstić information content (AvgIpc) is 3.82. The molecule has 7 aromatic carbocycles. The molecule has 4 heteroatoms. The van der Waals surface area contributed by atoms with Crippen LogP contribution >= 0.6 is 0 Å². The zero-order valence-electron chi connectivity index (χ0n) is 28.5. The lowest BCUT2D eigenvalue weighted by Gasteiger charge is -2.22. The van der Waals surface area contributed by atoms with Crippen LogP contribution in [0.1, 0.15) is 11.1 Å². The molecule has 2 aromatic heterocycles. The Morgan fingerprint density at radius 3 is 1.81 bits per heavy atom. The number of hydrogen-bond donors (Lipinski definition) is 0. The van der Waals surface area contributed by atoms with Gasteiger partial charge in [0.15, 0.2) is 0 Å². The first-order valence-corrected chi connectivity index (χ1v) is 17.7. The maximum absolute atomic E-state index is 15.6. The molecule has 0 fully saturated rings. The third-order valence-electron chi connectivity index (χ3n) is 9.81. The lowest BCUT2D eigenvalue weighted by atomic mass is 9.98. The number of halogens is 1. The number of benzene rings is 7. The van der Waals surface area contributed by atoms with Gasteiger partial charge >= 0.3 is 0 Å². The van der Waals surface area contributed by atoms with E-state index < -0.39 is 0 Å². The fraction of sp³-hybridized carbons (Fsp3) is 0.0417. The maximum atomic E-state index is 15.6. The number of para-hydroxylation sites is 3. The van der Waals surface area contributed by atoms with Crippen LogP contribution in [0.25, 0.3) is 49.9 Å². The number of furan rings is 1. The summed E-state index contributed by atoms with van der Waals surface area (Å²) < 4.78 is 24.4. The molecule has 0 aliphatic rings. The molecular formula is C48H35FN2O. The van der Waals surface area contributed by atoms with Gasteiger partial charge in [0.2, 0.25) is 5.88 Å². The van der Waals surface area contributed by atoms with Crippen LogP contribution in [0, 0.1) is 5.82 Å². The van der Waals surface area contributed by atoms with Gasteiger partial charge in [-0.05, 0) is 108 Å². The Labute approximate surface area is 302 Å². The predicted molar refractivity (Wildman–Crippen MR) is 212 cm³/mol. The second kappa shape index (κ2) is 13.6. The summed E-state index contributed by atoms with van der Waals surface area (Å²) in [6, 6.07) is 63.7. The van der Waals surface area contributed by atoms with Gasteiger partial charge in [0.25, 0.3) is 0 Å². The van der Waals surface area contributed by atoms with Crippen LogP contribution in [0.5, 0.6) is 0 Å². The molecule has 0 spiro atoms. The standard InChI is InChI=1S/C48H35FN2O/c49-44-32-35(21-20-34-12-4-1-5-13-34)22-28-41(44)37-25-29-46-43(33-37)42-18-10-11-19-45(42)51(46)40-26-23-36(24-27-40)47-30-31-48(52-47)50(38-14-6-2-7-15-38)39-16-8-3-9-17-39/h1-19,22-33H,20-21H2. The normalized spacial score (nSPS) is 11.3. The van der Waals surface area contributed by atoms with Gasteiger partial charge in [0.1, 0.15) is 11.6 Å². The van der Waals surface area contributed by atoms with E-state index in [2.05, 4.69) is 113 Å². The fourth-order valence-corrected chi connectivity index (χ4v) is 7.24. The van der Waals surface area contributed by atoms with Crippen LogP contribution < -0.4 is 4.90 Å². The first-order chi connectivity index (χ1) is 25.7. The van der Waals surface area contributed by atoms with Crippen molar-refractivity contribution >= 4 is 39.1 Å². The smallest absolute Gasteiger partial charge is 0.205 e. The van der Waals surface area contributed by atoms with Crippen molar-refractivity contribution < 1.29 is 8.81 Å². The third-order valence-corrected chi connectivity index (χ3v) is 9.81. The van der Waals surface area contributed by atoms with Gasteiger partial charge in [-0.15, -0.1) is 0 Å². The van der Waals surface area contributed by atoms with E-state index in [-0.39, 0.29) is 5.82 Å². The quantitative estimate of drug-likeness (QED) is 0.152. The van der Waals surface area contributed by atoms with E-state index in [4.69, 9.17) is 4.42 Å². The summed E-state index contributed by atoms with van der Waals surface area (Å²) in [5.74, 6) is 1.34. The van der Waals surface area contributed by atoms with E-state index in [1.807, 2.05) is 78.9 Å². The number of rotatable bonds is 9. The summed E-state index contributed by atoms with van der Waals surface area (Å²) in [6.45, 7) is 0. The Hall–Kier alpha value is -6.65. The van der Waals surface area contributed by atoms with Gasteiger partial charge < -0.3 is 8.98 Å². The lowest BCUT2D eigenvalue weighted by Crippen LogP contribution is -2.08. The van der Waals surface area contributed by atoms with Crippen molar-refractivity contribution in [3.63, 3.8) is 0 Å². The van der Waals surface area contributed by atoms with E-state index in [0.717, 1.165) is 80.0 Å².